The number of nitrogens with one attached hydrogen (secondary N) is 2. The minimum atomic E-state index is -0.992. The summed E-state index contributed by atoms with van der Waals surface area (Å²) in [6, 6.07) is 49.3. The summed E-state index contributed by atoms with van der Waals surface area (Å²) >= 11 is 15.2. The number of nitrogens with two attached hydrogens (primary N) is 1. The van der Waals surface area contributed by atoms with Crippen LogP contribution in [0.25, 0.3) is 22.3 Å². The molecule has 0 bridgehead atoms. The molecule has 0 radical (unpaired) electrons. The van der Waals surface area contributed by atoms with Gasteiger partial charge in [0.2, 0.25) is 11.1 Å². The number of hydrogen-bond donors (Lipinski definition) is 6. The molecule has 0 aliphatic heterocycles. The van der Waals surface area contributed by atoms with Crippen LogP contribution in [0.15, 0.2) is 171 Å². The van der Waals surface area contributed by atoms with Gasteiger partial charge in [-0.2, -0.15) is 15.8 Å². The fourth-order valence-electron chi connectivity index (χ4n) is 5.99. The fourth-order valence-corrected chi connectivity index (χ4v) is 7.46. The highest BCUT2D eigenvalue weighted by molar-refractivity contribution is 7.98. The Morgan fingerprint density at radius 3 is 1.60 bits per heavy atom. The van der Waals surface area contributed by atoms with E-state index in [9.17, 15) is 34.0 Å². The number of carbonyl (C=O) groups excluding carboxylic acids is 2. The van der Waals surface area contributed by atoms with Crippen LogP contribution in [0, 0.1) is 34.0 Å². The van der Waals surface area contributed by atoms with E-state index >= 15 is 0 Å². The second-order valence-corrected chi connectivity index (χ2v) is 16.7. The number of nitriles is 3. The predicted octanol–water partition coefficient (Wildman–Crippen LogP) is 10.2. The van der Waals surface area contributed by atoms with Gasteiger partial charge in [-0.3, -0.25) is 19.2 Å². The zero-order valence-electron chi connectivity index (χ0n) is 38.8. The number of Topliss-reactive ketones (excluding diaryl/α,β-unsaturated/α-hetero) is 1. The lowest BCUT2D eigenvalue weighted by atomic mass is 10.0. The van der Waals surface area contributed by atoms with Gasteiger partial charge in [0.1, 0.15) is 18.6 Å². The molecule has 0 aliphatic carbocycles. The lowest BCUT2D eigenvalue weighted by molar-refractivity contribution is -0.141. The van der Waals surface area contributed by atoms with E-state index in [0.717, 1.165) is 22.3 Å². The number of nitrogens with zero attached hydrogens (tertiary/aromatic N) is 3. The highest BCUT2D eigenvalue weighted by atomic mass is 35.5. The van der Waals surface area contributed by atoms with Gasteiger partial charge in [-0.1, -0.05) is 127 Å². The Morgan fingerprint density at radius 1 is 0.685 bits per heavy atom. The summed E-state index contributed by atoms with van der Waals surface area (Å²) in [4.78, 5) is 72.8. The molecule has 2 aromatic heterocycles. The first kappa shape index (κ1) is 58.7. The van der Waals surface area contributed by atoms with E-state index in [1.807, 2.05) is 78.9 Å². The van der Waals surface area contributed by atoms with Crippen molar-refractivity contribution in [2.75, 3.05) is 6.61 Å². The van der Waals surface area contributed by atoms with Crippen molar-refractivity contribution in [1.82, 2.24) is 9.97 Å². The number of aromatic amines is 2. The fraction of sp³-hybridized carbons (Fsp3) is 0.111. The Labute approximate surface area is 439 Å². The Kier molecular flexibility index (Phi) is 25.4. The number of carboxylic acid groups (broad SMARTS) is 2. The number of ketones is 1. The topological polar surface area (TPSA) is 281 Å². The number of carboxylic acids is 2. The zero-order chi connectivity index (χ0) is 53.7. The second-order valence-electron chi connectivity index (χ2n) is 14.5. The molecule has 0 amide bonds. The monoisotopic (exact) mass is 1050 g/mol. The van der Waals surface area contributed by atoms with Gasteiger partial charge in [0, 0.05) is 40.5 Å². The number of hydrogen-bond acceptors (Lipinski definition) is 13. The summed E-state index contributed by atoms with van der Waals surface area (Å²) in [5.74, 6) is -1.80. The minimum Gasteiger partial charge on any atom is -0.478 e. The van der Waals surface area contributed by atoms with Crippen molar-refractivity contribution in [1.29, 1.82) is 15.8 Å². The van der Waals surface area contributed by atoms with Crippen LogP contribution in [0.3, 0.4) is 0 Å². The number of thiocarbonyl (C=S) groups is 1. The molecular formula is C54H45ClN6O9S3. The molecule has 0 fully saturated rings. The van der Waals surface area contributed by atoms with Crippen LogP contribution in [0.1, 0.15) is 73.1 Å². The van der Waals surface area contributed by atoms with Gasteiger partial charge < -0.3 is 30.7 Å². The van der Waals surface area contributed by atoms with Crippen LogP contribution in [0.5, 0.6) is 0 Å². The van der Waals surface area contributed by atoms with Gasteiger partial charge in [0.15, 0.2) is 5.78 Å². The molecule has 5 aromatic carbocycles. The molecule has 15 nitrogen and oxygen atoms in total. The van der Waals surface area contributed by atoms with E-state index in [-0.39, 0.29) is 45.9 Å². The number of H-pyrrole nitrogens is 2. The standard InChI is InChI=1S/C20H14N2O3S.C12H8N2OS.C11H12O3.C8H7ClO2.C3H4N2S/c21-11-17-16(14-6-2-1-3-7-14)10-18(23)22-19(17)26-12-13-5-4-8-15(9-13)20(24)25;13-7-10-9(6-11(15)14-12(10)16)8-4-2-1-3-5-8;1-2-14-11(13)8-10(12)9-6-4-3-5-7-9;9-5-6-2-1-3-7(4-6)8(10)11;4-2-1-3(5)6/h1-10H,12H2,(H,22,23)(H,24,25);1-6H,(H2,14,15,16);3-7H,2,8H2,1H3;1-4H,5H2,(H,10,11);1H2,(H2,5,6). The van der Waals surface area contributed by atoms with E-state index in [1.165, 1.54) is 30.0 Å². The number of halogens is 1. The van der Waals surface area contributed by atoms with Crippen molar-refractivity contribution >= 4 is 76.9 Å². The molecule has 7 rings (SSSR count). The highest BCUT2D eigenvalue weighted by Gasteiger charge is 2.15. The average molecular weight is 1050 g/mol. The molecule has 0 aliphatic rings. The van der Waals surface area contributed by atoms with Crippen molar-refractivity contribution in [3.05, 3.63) is 211 Å². The van der Waals surface area contributed by atoms with Crippen molar-refractivity contribution in [3.63, 3.8) is 0 Å². The van der Waals surface area contributed by atoms with Gasteiger partial charge in [-0.25, -0.2) is 9.59 Å². The number of thioether (sulfide) groups is 1. The number of benzene rings is 5. The molecule has 370 valence electrons. The van der Waals surface area contributed by atoms with Crippen molar-refractivity contribution in [2.24, 2.45) is 5.73 Å². The van der Waals surface area contributed by atoms with E-state index in [0.29, 0.717) is 56.1 Å². The third-order valence-electron chi connectivity index (χ3n) is 9.27. The molecule has 2 heterocycles. The summed E-state index contributed by atoms with van der Waals surface area (Å²) in [6.07, 6.45) is 0.00713. The van der Waals surface area contributed by atoms with E-state index in [4.69, 9.17) is 38.1 Å². The average Bonchev–Trinajstić information content (AvgIpc) is 3.39. The van der Waals surface area contributed by atoms with Crippen molar-refractivity contribution < 1.29 is 34.1 Å². The van der Waals surface area contributed by atoms with Crippen molar-refractivity contribution in [2.45, 2.75) is 41.5 Å². The summed E-state index contributed by atoms with van der Waals surface area (Å²) in [5, 5.41) is 44.9. The van der Waals surface area contributed by atoms with Crippen LogP contribution in [0.2, 0.25) is 0 Å². The highest BCUT2D eigenvalue weighted by Crippen LogP contribution is 2.30. The number of pyridine rings is 2. The van der Waals surface area contributed by atoms with Gasteiger partial charge in [0.25, 0.3) is 0 Å². The zero-order valence-corrected chi connectivity index (χ0v) is 42.1. The quantitative estimate of drug-likeness (QED) is 0.0119. The SMILES string of the molecule is CCOC(=O)CC(=O)c1ccccc1.N#CCC(N)=S.N#Cc1c(-c2ccccc2)cc(=O)[nH]c1S.N#Cc1c(-c2ccccc2)cc(=O)[nH]c1SCc1cccc(C(=O)O)c1.O=C(O)c1cccc(CCl)c1. The summed E-state index contributed by atoms with van der Waals surface area (Å²) in [5.41, 5.74) is 10.6. The van der Waals surface area contributed by atoms with Crippen LogP contribution in [-0.2, 0) is 21.2 Å². The molecule has 0 atom stereocenters. The van der Waals surface area contributed by atoms with Crippen LogP contribution in [-0.4, -0.2) is 55.5 Å². The molecule has 73 heavy (non-hydrogen) atoms. The smallest absolute Gasteiger partial charge is 0.335 e. The number of thiol groups is 1. The Morgan fingerprint density at radius 2 is 1.15 bits per heavy atom. The van der Waals surface area contributed by atoms with Gasteiger partial charge in [-0.15, -0.1) is 36.0 Å². The first-order chi connectivity index (χ1) is 35.0. The Bertz CT molecular complexity index is 3260. The maximum absolute atomic E-state index is 12.1. The number of rotatable bonds is 13. The first-order valence-electron chi connectivity index (χ1n) is 21.4. The largest absolute Gasteiger partial charge is 0.478 e. The minimum absolute atomic E-state index is 0.183. The summed E-state index contributed by atoms with van der Waals surface area (Å²) in [7, 11) is 0. The van der Waals surface area contributed by atoms with E-state index < -0.39 is 17.9 Å². The van der Waals surface area contributed by atoms with E-state index in [2.05, 4.69) is 45.6 Å². The van der Waals surface area contributed by atoms with E-state index in [1.54, 1.807) is 73.7 Å². The number of carbonyl (C=O) groups is 4. The molecule has 6 N–H and O–H groups in total. The van der Waals surface area contributed by atoms with Crippen LogP contribution < -0.4 is 16.9 Å². The molecule has 0 saturated heterocycles. The lowest BCUT2D eigenvalue weighted by Crippen LogP contribution is -2.11. The maximum atomic E-state index is 12.1. The number of aromatic carboxylic acids is 2. The third kappa shape index (κ3) is 20.4. The second kappa shape index (κ2) is 31.6. The normalized spacial score (nSPS) is 9.59. The van der Waals surface area contributed by atoms with Crippen molar-refractivity contribution in [3.8, 4) is 40.5 Å². The molecule has 19 heteroatoms. The first-order valence-corrected chi connectivity index (χ1v) is 23.8. The summed E-state index contributed by atoms with van der Waals surface area (Å²) < 4.78 is 4.67. The molecule has 0 saturated carbocycles. The molecule has 0 spiro atoms. The Hall–Kier alpha value is -8.57. The van der Waals surface area contributed by atoms with Crippen LogP contribution in [0.4, 0.5) is 0 Å². The van der Waals surface area contributed by atoms with Crippen LogP contribution >= 0.6 is 48.2 Å². The molecular weight excluding hydrogens is 1010 g/mol. The maximum Gasteiger partial charge on any atom is 0.335 e. The van der Waals surface area contributed by atoms with Gasteiger partial charge in [0.05, 0.1) is 56.4 Å². The lowest BCUT2D eigenvalue weighted by Gasteiger charge is -2.09. The third-order valence-corrected chi connectivity index (χ3v) is 11.1. The summed E-state index contributed by atoms with van der Waals surface area (Å²) in [6.45, 7) is 2.02. The number of aromatic nitrogens is 2. The van der Waals surface area contributed by atoms with Gasteiger partial charge in [-0.05, 0) is 53.4 Å². The Balaban J connectivity index is 0.000000259. The predicted molar refractivity (Wildman–Crippen MR) is 287 cm³/mol. The molecule has 7 aromatic rings. The molecule has 0 unspecified atom stereocenters. The van der Waals surface area contributed by atoms with Gasteiger partial charge >= 0.3 is 17.9 Å². The number of alkyl halides is 1. The number of ether oxygens (including phenoxy) is 1. The number of esters is 1.